The number of ether oxygens (including phenoxy) is 1. The summed E-state index contributed by atoms with van der Waals surface area (Å²) in [5.74, 6) is 0.120. The van der Waals surface area contributed by atoms with Gasteiger partial charge in [0.1, 0.15) is 11.3 Å². The van der Waals surface area contributed by atoms with E-state index in [2.05, 4.69) is 4.99 Å². The van der Waals surface area contributed by atoms with Crippen LogP contribution in [0.25, 0.3) is 11.4 Å². The molecule has 1 heterocycles. The number of aromatic nitrogens is 2. The lowest BCUT2D eigenvalue weighted by Gasteiger charge is -2.14. The van der Waals surface area contributed by atoms with Crippen LogP contribution in [0, 0.1) is 0 Å². The van der Waals surface area contributed by atoms with E-state index in [0.717, 1.165) is 9.13 Å². The molecule has 0 saturated carbocycles. The van der Waals surface area contributed by atoms with Crippen LogP contribution in [0.1, 0.15) is 5.56 Å². The summed E-state index contributed by atoms with van der Waals surface area (Å²) in [7, 11) is 1.54. The standard InChI is InChI=1S/C24H19N3O4/c1-31-20-14-8-9-17(15-20)25-16-21-22(28)26(18-10-4-2-5-11-18)24(30)27(23(21)29)19-12-6-3-7-13-19/h2-16,28H,1H3. The van der Waals surface area contributed by atoms with Gasteiger partial charge in [0, 0.05) is 12.3 Å². The van der Waals surface area contributed by atoms with E-state index < -0.39 is 17.1 Å². The zero-order chi connectivity index (χ0) is 21.8. The van der Waals surface area contributed by atoms with Crippen molar-refractivity contribution in [2.24, 2.45) is 4.99 Å². The summed E-state index contributed by atoms with van der Waals surface area (Å²) < 4.78 is 7.29. The Morgan fingerprint density at radius 3 is 2.06 bits per heavy atom. The zero-order valence-corrected chi connectivity index (χ0v) is 16.7. The van der Waals surface area contributed by atoms with E-state index in [1.165, 1.54) is 6.21 Å². The highest BCUT2D eigenvalue weighted by Crippen LogP contribution is 2.21. The summed E-state index contributed by atoms with van der Waals surface area (Å²) in [6.07, 6.45) is 1.25. The van der Waals surface area contributed by atoms with Gasteiger partial charge in [-0.25, -0.2) is 13.9 Å². The first-order chi connectivity index (χ1) is 15.1. The van der Waals surface area contributed by atoms with Gasteiger partial charge in [-0.1, -0.05) is 42.5 Å². The van der Waals surface area contributed by atoms with Gasteiger partial charge in [-0.3, -0.25) is 9.79 Å². The average Bonchev–Trinajstić information content (AvgIpc) is 2.80. The predicted octanol–water partition coefficient (Wildman–Crippen LogP) is 3.45. The molecule has 1 aromatic heterocycles. The smallest absolute Gasteiger partial charge is 0.343 e. The van der Waals surface area contributed by atoms with Crippen molar-refractivity contribution >= 4 is 11.9 Å². The lowest BCUT2D eigenvalue weighted by Crippen LogP contribution is -2.40. The molecule has 31 heavy (non-hydrogen) atoms. The molecular formula is C24H19N3O4. The summed E-state index contributed by atoms with van der Waals surface area (Å²) in [4.78, 5) is 30.8. The van der Waals surface area contributed by atoms with Gasteiger partial charge in [0.2, 0.25) is 5.88 Å². The Labute approximate surface area is 177 Å². The number of methoxy groups -OCH3 is 1. The summed E-state index contributed by atoms with van der Waals surface area (Å²) in [5.41, 5.74) is -0.133. The minimum atomic E-state index is -0.682. The molecule has 0 bridgehead atoms. The van der Waals surface area contributed by atoms with Crippen LogP contribution in [0.5, 0.6) is 11.6 Å². The number of aromatic hydroxyl groups is 1. The molecule has 0 spiro atoms. The average molecular weight is 413 g/mol. The maximum absolute atomic E-state index is 13.2. The van der Waals surface area contributed by atoms with Gasteiger partial charge < -0.3 is 9.84 Å². The lowest BCUT2D eigenvalue weighted by atomic mass is 10.2. The molecule has 0 radical (unpaired) electrons. The zero-order valence-electron chi connectivity index (χ0n) is 16.7. The number of nitrogens with zero attached hydrogens (tertiary/aromatic N) is 3. The van der Waals surface area contributed by atoms with E-state index in [0.29, 0.717) is 22.8 Å². The maximum Gasteiger partial charge on any atom is 0.343 e. The molecule has 7 heteroatoms. The first-order valence-electron chi connectivity index (χ1n) is 9.50. The lowest BCUT2D eigenvalue weighted by molar-refractivity contribution is 0.415. The van der Waals surface area contributed by atoms with Crippen LogP contribution < -0.4 is 16.0 Å². The van der Waals surface area contributed by atoms with E-state index in [1.807, 2.05) is 0 Å². The van der Waals surface area contributed by atoms with Crippen molar-refractivity contribution < 1.29 is 9.84 Å². The van der Waals surface area contributed by atoms with Gasteiger partial charge in [-0.2, -0.15) is 0 Å². The van der Waals surface area contributed by atoms with Crippen molar-refractivity contribution in [1.29, 1.82) is 0 Å². The Kier molecular flexibility index (Phi) is 5.49. The third-order valence-corrected chi connectivity index (χ3v) is 4.69. The van der Waals surface area contributed by atoms with E-state index in [-0.39, 0.29) is 5.56 Å². The summed E-state index contributed by atoms with van der Waals surface area (Å²) >= 11 is 0. The van der Waals surface area contributed by atoms with Crippen LogP contribution in [0.4, 0.5) is 5.69 Å². The Bertz CT molecular complexity index is 1360. The van der Waals surface area contributed by atoms with E-state index in [9.17, 15) is 14.7 Å². The Morgan fingerprint density at radius 2 is 1.45 bits per heavy atom. The number of aliphatic imine (C=N–C) groups is 1. The van der Waals surface area contributed by atoms with Crippen molar-refractivity contribution in [2.45, 2.75) is 0 Å². The second-order valence-corrected chi connectivity index (χ2v) is 6.63. The fourth-order valence-electron chi connectivity index (χ4n) is 3.17. The molecular weight excluding hydrogens is 394 g/mol. The Balaban J connectivity index is 1.97. The van der Waals surface area contributed by atoms with Crippen LogP contribution in [0.3, 0.4) is 0 Å². The topological polar surface area (TPSA) is 85.8 Å². The molecule has 0 aliphatic carbocycles. The molecule has 154 valence electrons. The highest BCUT2D eigenvalue weighted by Gasteiger charge is 2.19. The first kappa shape index (κ1) is 19.9. The third-order valence-electron chi connectivity index (χ3n) is 4.69. The van der Waals surface area contributed by atoms with Crippen molar-refractivity contribution in [3.8, 4) is 23.0 Å². The highest BCUT2D eigenvalue weighted by molar-refractivity contribution is 5.84. The number of para-hydroxylation sites is 2. The van der Waals surface area contributed by atoms with Gasteiger partial charge in [-0.15, -0.1) is 0 Å². The Hall–Kier alpha value is -4.39. The SMILES string of the molecule is COc1cccc(N=Cc2c(O)n(-c3ccccc3)c(=O)n(-c3ccccc3)c2=O)c1. The molecule has 4 rings (SSSR count). The van der Waals surface area contributed by atoms with E-state index >= 15 is 0 Å². The molecule has 0 aliphatic rings. The second kappa shape index (κ2) is 8.54. The van der Waals surface area contributed by atoms with Gasteiger partial charge in [0.25, 0.3) is 5.56 Å². The number of hydrogen-bond donors (Lipinski definition) is 1. The summed E-state index contributed by atoms with van der Waals surface area (Å²) in [6.45, 7) is 0. The van der Waals surface area contributed by atoms with Crippen molar-refractivity contribution in [2.75, 3.05) is 7.11 Å². The normalized spacial score (nSPS) is 11.0. The van der Waals surface area contributed by atoms with Crippen molar-refractivity contribution in [1.82, 2.24) is 9.13 Å². The van der Waals surface area contributed by atoms with Gasteiger partial charge in [0.15, 0.2) is 0 Å². The highest BCUT2D eigenvalue weighted by atomic mass is 16.5. The van der Waals surface area contributed by atoms with E-state index in [4.69, 9.17) is 4.74 Å². The first-order valence-corrected chi connectivity index (χ1v) is 9.50. The van der Waals surface area contributed by atoms with Gasteiger partial charge in [0.05, 0.1) is 24.2 Å². The molecule has 0 amide bonds. The van der Waals surface area contributed by atoms with Crippen molar-refractivity contribution in [3.05, 3.63) is 111 Å². The van der Waals surface area contributed by atoms with E-state index in [1.54, 1.807) is 92.0 Å². The minimum Gasteiger partial charge on any atom is -0.497 e. The third kappa shape index (κ3) is 3.89. The van der Waals surface area contributed by atoms with Crippen LogP contribution in [0.2, 0.25) is 0 Å². The van der Waals surface area contributed by atoms with Gasteiger partial charge in [-0.05, 0) is 36.4 Å². The van der Waals surface area contributed by atoms with Crippen LogP contribution in [-0.4, -0.2) is 27.6 Å². The number of rotatable bonds is 5. The largest absolute Gasteiger partial charge is 0.497 e. The number of hydrogen-bond acceptors (Lipinski definition) is 5. The monoisotopic (exact) mass is 413 g/mol. The van der Waals surface area contributed by atoms with Crippen LogP contribution >= 0.6 is 0 Å². The fourth-order valence-corrected chi connectivity index (χ4v) is 3.17. The van der Waals surface area contributed by atoms with Gasteiger partial charge >= 0.3 is 5.69 Å². The second-order valence-electron chi connectivity index (χ2n) is 6.63. The fraction of sp³-hybridized carbons (Fsp3) is 0.0417. The molecule has 0 unspecified atom stereocenters. The van der Waals surface area contributed by atoms with Crippen LogP contribution in [0.15, 0.2) is 99.5 Å². The maximum atomic E-state index is 13.2. The van der Waals surface area contributed by atoms with Crippen LogP contribution in [-0.2, 0) is 0 Å². The molecule has 1 N–H and O–H groups in total. The number of benzene rings is 3. The molecule has 0 aliphatic heterocycles. The molecule has 4 aromatic rings. The molecule has 0 atom stereocenters. The molecule has 7 nitrogen and oxygen atoms in total. The minimum absolute atomic E-state index is 0.116. The quantitative estimate of drug-likeness (QED) is 0.508. The predicted molar refractivity (Wildman–Crippen MR) is 120 cm³/mol. The molecule has 3 aromatic carbocycles. The van der Waals surface area contributed by atoms with Crippen molar-refractivity contribution in [3.63, 3.8) is 0 Å². The molecule has 0 fully saturated rings. The molecule has 0 saturated heterocycles. The summed E-state index contributed by atoms with van der Waals surface area (Å²) in [5, 5.41) is 10.9. The summed E-state index contributed by atoms with van der Waals surface area (Å²) in [6, 6.07) is 24.1. The Morgan fingerprint density at radius 1 is 0.839 bits per heavy atom.